The van der Waals surface area contributed by atoms with Crippen molar-refractivity contribution in [1.29, 1.82) is 0 Å². The van der Waals surface area contributed by atoms with Crippen LogP contribution in [0.2, 0.25) is 10.2 Å². The summed E-state index contributed by atoms with van der Waals surface area (Å²) in [7, 11) is 3.52. The second kappa shape index (κ2) is 4.96. The summed E-state index contributed by atoms with van der Waals surface area (Å²) in [6, 6.07) is 7.41. The van der Waals surface area contributed by atoms with E-state index in [1.165, 1.54) is 0 Å². The lowest BCUT2D eigenvalue weighted by atomic mass is 10.2. The number of aryl methyl sites for hydroxylation is 1. The molecule has 3 rings (SSSR count). The molecule has 102 valence electrons. The molecule has 2 aromatic heterocycles. The van der Waals surface area contributed by atoms with Crippen LogP contribution in [0.5, 0.6) is 5.75 Å². The maximum atomic E-state index is 6.08. The molecule has 0 saturated carbocycles. The largest absolute Gasteiger partial charge is 0.495 e. The lowest BCUT2D eigenvalue weighted by Crippen LogP contribution is -1.93. The molecule has 20 heavy (non-hydrogen) atoms. The van der Waals surface area contributed by atoms with Crippen molar-refractivity contribution in [3.05, 3.63) is 40.6 Å². The van der Waals surface area contributed by atoms with Crippen molar-refractivity contribution in [2.75, 3.05) is 7.11 Å². The van der Waals surface area contributed by atoms with E-state index in [1.54, 1.807) is 19.4 Å². The Morgan fingerprint density at radius 2 is 2.00 bits per heavy atom. The second-order valence-corrected chi connectivity index (χ2v) is 5.08. The molecule has 0 aliphatic heterocycles. The fourth-order valence-electron chi connectivity index (χ4n) is 2.15. The molecule has 0 radical (unpaired) electrons. The molecule has 0 spiro atoms. The molecular weight excluding hydrogens is 297 g/mol. The second-order valence-electron chi connectivity index (χ2n) is 4.31. The smallest absolute Gasteiger partial charge is 0.156 e. The third-order valence-electron chi connectivity index (χ3n) is 3.16. The van der Waals surface area contributed by atoms with E-state index in [2.05, 4.69) is 9.97 Å². The molecule has 2 heterocycles. The molecular formula is C14H11Cl2N3O. The lowest BCUT2D eigenvalue weighted by Gasteiger charge is -2.06. The van der Waals surface area contributed by atoms with Gasteiger partial charge in [0.2, 0.25) is 0 Å². The first-order valence-electron chi connectivity index (χ1n) is 5.92. The van der Waals surface area contributed by atoms with Crippen LogP contribution in [0, 0.1) is 0 Å². The van der Waals surface area contributed by atoms with E-state index in [0.29, 0.717) is 21.4 Å². The van der Waals surface area contributed by atoms with Crippen LogP contribution in [0.3, 0.4) is 0 Å². The van der Waals surface area contributed by atoms with Gasteiger partial charge >= 0.3 is 0 Å². The molecule has 0 aliphatic rings. The zero-order chi connectivity index (χ0) is 14.3. The number of methoxy groups -OCH3 is 1. The van der Waals surface area contributed by atoms with E-state index in [0.717, 1.165) is 16.9 Å². The predicted octanol–water partition coefficient (Wildman–Crippen LogP) is 3.95. The summed E-state index contributed by atoms with van der Waals surface area (Å²) in [4.78, 5) is 8.60. The van der Waals surface area contributed by atoms with Crippen LogP contribution >= 0.6 is 23.2 Å². The Kier molecular flexibility index (Phi) is 3.28. The van der Waals surface area contributed by atoms with Crippen molar-refractivity contribution >= 4 is 34.2 Å². The Balaban J connectivity index is 2.24. The molecule has 1 aromatic carbocycles. The van der Waals surface area contributed by atoms with Gasteiger partial charge < -0.3 is 9.30 Å². The van der Waals surface area contributed by atoms with E-state index < -0.39 is 0 Å². The van der Waals surface area contributed by atoms with E-state index in [-0.39, 0.29) is 0 Å². The van der Waals surface area contributed by atoms with Gasteiger partial charge in [-0.3, -0.25) is 0 Å². The van der Waals surface area contributed by atoms with Gasteiger partial charge in [-0.25, -0.2) is 9.97 Å². The number of imidazole rings is 1. The topological polar surface area (TPSA) is 39.9 Å². The SMILES string of the molecule is COc1cc(-c2nc3c(Cl)nccc3n2C)ccc1Cl. The first-order chi connectivity index (χ1) is 9.61. The van der Waals surface area contributed by atoms with E-state index in [4.69, 9.17) is 27.9 Å². The van der Waals surface area contributed by atoms with Gasteiger partial charge in [0.25, 0.3) is 0 Å². The van der Waals surface area contributed by atoms with Gasteiger partial charge in [-0.1, -0.05) is 23.2 Å². The molecule has 3 aromatic rings. The highest BCUT2D eigenvalue weighted by molar-refractivity contribution is 6.33. The monoisotopic (exact) mass is 307 g/mol. The van der Waals surface area contributed by atoms with Gasteiger partial charge in [-0.15, -0.1) is 0 Å². The van der Waals surface area contributed by atoms with E-state index in [9.17, 15) is 0 Å². The number of rotatable bonds is 2. The molecule has 0 aliphatic carbocycles. The summed E-state index contributed by atoms with van der Waals surface area (Å²) < 4.78 is 7.20. The number of aromatic nitrogens is 3. The molecule has 0 bridgehead atoms. The summed E-state index contributed by atoms with van der Waals surface area (Å²) in [6.45, 7) is 0. The highest BCUT2D eigenvalue weighted by Gasteiger charge is 2.14. The first kappa shape index (κ1) is 13.2. The van der Waals surface area contributed by atoms with Crippen LogP contribution < -0.4 is 4.74 Å². The van der Waals surface area contributed by atoms with Crippen molar-refractivity contribution < 1.29 is 4.74 Å². The number of pyridine rings is 1. The van der Waals surface area contributed by atoms with E-state index in [1.807, 2.05) is 29.8 Å². The Hall–Kier alpha value is -1.78. The van der Waals surface area contributed by atoms with Gasteiger partial charge in [0.1, 0.15) is 17.1 Å². The summed E-state index contributed by atoms with van der Waals surface area (Å²) >= 11 is 12.1. The van der Waals surface area contributed by atoms with Gasteiger partial charge in [0.05, 0.1) is 17.6 Å². The number of ether oxygens (including phenoxy) is 1. The van der Waals surface area contributed by atoms with E-state index >= 15 is 0 Å². The normalized spacial score (nSPS) is 11.0. The number of benzene rings is 1. The Bertz CT molecular complexity index is 798. The zero-order valence-electron chi connectivity index (χ0n) is 10.9. The summed E-state index contributed by atoms with van der Waals surface area (Å²) in [6.07, 6.45) is 1.67. The van der Waals surface area contributed by atoms with Crippen LogP contribution in [0.15, 0.2) is 30.5 Å². The van der Waals surface area contributed by atoms with Crippen LogP contribution in [0.1, 0.15) is 0 Å². The van der Waals surface area contributed by atoms with Crippen LogP contribution in [0.25, 0.3) is 22.4 Å². The molecule has 0 N–H and O–H groups in total. The minimum absolute atomic E-state index is 0.394. The third kappa shape index (κ3) is 2.01. The maximum absolute atomic E-state index is 6.08. The van der Waals surface area contributed by atoms with Gasteiger partial charge in [0, 0.05) is 18.8 Å². The van der Waals surface area contributed by atoms with Crippen LogP contribution in [-0.4, -0.2) is 21.6 Å². The fourth-order valence-corrected chi connectivity index (χ4v) is 2.54. The summed E-state index contributed by atoms with van der Waals surface area (Å²) in [5.74, 6) is 1.39. The van der Waals surface area contributed by atoms with Crippen molar-refractivity contribution in [2.24, 2.45) is 7.05 Å². The quantitative estimate of drug-likeness (QED) is 0.673. The fraction of sp³-hybridized carbons (Fsp3) is 0.143. The molecule has 0 amide bonds. The van der Waals surface area contributed by atoms with Crippen LogP contribution in [0.4, 0.5) is 0 Å². The lowest BCUT2D eigenvalue weighted by molar-refractivity contribution is 0.415. The predicted molar refractivity (Wildman–Crippen MR) is 80.5 cm³/mol. The Morgan fingerprint density at radius 3 is 2.70 bits per heavy atom. The van der Waals surface area contributed by atoms with Crippen molar-refractivity contribution in [3.63, 3.8) is 0 Å². The molecule has 0 saturated heterocycles. The number of hydrogen-bond donors (Lipinski definition) is 0. The van der Waals surface area contributed by atoms with Crippen LogP contribution in [-0.2, 0) is 7.05 Å². The average molecular weight is 308 g/mol. The number of fused-ring (bicyclic) bond motifs is 1. The summed E-state index contributed by atoms with van der Waals surface area (Å²) in [5.41, 5.74) is 2.51. The standard InChI is InChI=1S/C14H11Cl2N3O/c1-19-10-5-6-17-13(16)12(10)18-14(19)8-3-4-9(15)11(7-8)20-2/h3-7H,1-2H3. The minimum atomic E-state index is 0.394. The van der Waals surface area contributed by atoms with Crippen molar-refractivity contribution in [1.82, 2.24) is 14.5 Å². The average Bonchev–Trinajstić information content (AvgIpc) is 2.79. The van der Waals surface area contributed by atoms with Gasteiger partial charge in [0.15, 0.2) is 5.15 Å². The number of hydrogen-bond acceptors (Lipinski definition) is 3. The van der Waals surface area contributed by atoms with Gasteiger partial charge in [-0.05, 0) is 24.3 Å². The Labute approximate surface area is 125 Å². The molecule has 0 fully saturated rings. The maximum Gasteiger partial charge on any atom is 0.156 e. The molecule has 0 atom stereocenters. The van der Waals surface area contributed by atoms with Crippen molar-refractivity contribution in [2.45, 2.75) is 0 Å². The minimum Gasteiger partial charge on any atom is -0.495 e. The highest BCUT2D eigenvalue weighted by Crippen LogP contribution is 2.32. The molecule has 4 nitrogen and oxygen atoms in total. The Morgan fingerprint density at radius 1 is 1.20 bits per heavy atom. The summed E-state index contributed by atoms with van der Waals surface area (Å²) in [5, 5.41) is 0.958. The molecule has 6 heteroatoms. The molecule has 0 unspecified atom stereocenters. The zero-order valence-corrected chi connectivity index (χ0v) is 12.4. The third-order valence-corrected chi connectivity index (χ3v) is 3.75. The number of nitrogens with zero attached hydrogens (tertiary/aromatic N) is 3. The highest BCUT2D eigenvalue weighted by atomic mass is 35.5. The first-order valence-corrected chi connectivity index (χ1v) is 6.68. The van der Waals surface area contributed by atoms with Crippen molar-refractivity contribution in [3.8, 4) is 17.1 Å². The number of halogens is 2. The van der Waals surface area contributed by atoms with Gasteiger partial charge in [-0.2, -0.15) is 0 Å².